The van der Waals surface area contributed by atoms with E-state index in [0.29, 0.717) is 43.0 Å². The molecule has 2 aromatic heterocycles. The maximum atomic E-state index is 16.1. The third-order valence-electron chi connectivity index (χ3n) is 10.2. The molecule has 2 spiro atoms. The van der Waals surface area contributed by atoms with Crippen molar-refractivity contribution in [3.63, 3.8) is 0 Å². The molecule has 2 saturated heterocycles. The Labute approximate surface area is 263 Å². The SMILES string of the molecule is CC1(C)CCC2(CC1)N[C@@H](C(=O)N[C@@H]1CC[C@@H](c3nnco3)OC1)[C@H](c1cccc(Cl)c1F)[C@]21C(=O)Nc2nc(Cl)ccc21. The van der Waals surface area contributed by atoms with Crippen molar-refractivity contribution in [1.29, 1.82) is 0 Å². The first-order valence-corrected chi connectivity index (χ1v) is 15.7. The molecule has 5 heterocycles. The van der Waals surface area contributed by atoms with Crippen LogP contribution in [0.1, 0.15) is 81.4 Å². The lowest BCUT2D eigenvalue weighted by molar-refractivity contribution is -0.126. The second-order valence-corrected chi connectivity index (χ2v) is 14.0. The second-order valence-electron chi connectivity index (χ2n) is 13.2. The summed E-state index contributed by atoms with van der Waals surface area (Å²) in [5.74, 6) is -1.55. The molecule has 10 nitrogen and oxygen atoms in total. The molecule has 4 aliphatic rings. The van der Waals surface area contributed by atoms with Gasteiger partial charge in [-0.2, -0.15) is 0 Å². The van der Waals surface area contributed by atoms with Crippen molar-refractivity contribution < 1.29 is 23.1 Å². The topological polar surface area (TPSA) is 131 Å². The quantitative estimate of drug-likeness (QED) is 0.330. The van der Waals surface area contributed by atoms with Crippen LogP contribution in [0.3, 0.4) is 0 Å². The number of amides is 2. The number of rotatable bonds is 4. The van der Waals surface area contributed by atoms with Crippen molar-refractivity contribution in [1.82, 2.24) is 25.8 Å². The van der Waals surface area contributed by atoms with Crippen molar-refractivity contribution in [3.05, 3.63) is 69.7 Å². The van der Waals surface area contributed by atoms with E-state index >= 15 is 4.39 Å². The Bertz CT molecular complexity index is 1600. The number of nitrogens with zero attached hydrogens (tertiary/aromatic N) is 3. The molecule has 2 amide bonds. The molecule has 5 atom stereocenters. The zero-order valence-electron chi connectivity index (χ0n) is 24.3. The van der Waals surface area contributed by atoms with Crippen LogP contribution in [-0.2, 0) is 19.7 Å². The number of hydrogen-bond acceptors (Lipinski definition) is 8. The highest BCUT2D eigenvalue weighted by molar-refractivity contribution is 6.31. The number of pyridine rings is 1. The van der Waals surface area contributed by atoms with Crippen LogP contribution < -0.4 is 16.0 Å². The number of carbonyl (C=O) groups is 2. The lowest BCUT2D eigenvalue weighted by atomic mass is 9.53. The van der Waals surface area contributed by atoms with E-state index in [9.17, 15) is 9.59 Å². The van der Waals surface area contributed by atoms with Crippen molar-refractivity contribution in [2.75, 3.05) is 11.9 Å². The van der Waals surface area contributed by atoms with Gasteiger partial charge in [0.05, 0.1) is 23.7 Å². The third-order valence-corrected chi connectivity index (χ3v) is 10.7. The smallest absolute Gasteiger partial charge is 0.244 e. The summed E-state index contributed by atoms with van der Waals surface area (Å²) >= 11 is 12.6. The Hall–Kier alpha value is -3.12. The lowest BCUT2D eigenvalue weighted by Crippen LogP contribution is -2.61. The van der Waals surface area contributed by atoms with Gasteiger partial charge in [-0.05, 0) is 61.6 Å². The zero-order valence-corrected chi connectivity index (χ0v) is 25.8. The number of benzene rings is 1. The summed E-state index contributed by atoms with van der Waals surface area (Å²) in [6.07, 6.45) is 4.88. The number of carbonyl (C=O) groups excluding carboxylic acids is 2. The molecular formula is C31H33Cl2FN6O4. The average Bonchev–Trinajstić information content (AvgIpc) is 3.70. The Morgan fingerprint density at radius 2 is 1.91 bits per heavy atom. The van der Waals surface area contributed by atoms with E-state index < -0.39 is 28.7 Å². The van der Waals surface area contributed by atoms with Crippen LogP contribution in [0.25, 0.3) is 0 Å². The van der Waals surface area contributed by atoms with E-state index in [1.165, 1.54) is 12.5 Å². The van der Waals surface area contributed by atoms with E-state index in [4.69, 9.17) is 32.4 Å². The van der Waals surface area contributed by atoms with E-state index in [2.05, 4.69) is 45.0 Å². The van der Waals surface area contributed by atoms with Gasteiger partial charge in [-0.15, -0.1) is 10.2 Å². The molecule has 232 valence electrons. The van der Waals surface area contributed by atoms with Gasteiger partial charge in [0.15, 0.2) is 0 Å². The van der Waals surface area contributed by atoms with Gasteiger partial charge in [0.1, 0.15) is 28.3 Å². The first-order chi connectivity index (χ1) is 21.0. The molecule has 0 unspecified atom stereocenters. The summed E-state index contributed by atoms with van der Waals surface area (Å²) in [4.78, 5) is 33.3. The summed E-state index contributed by atoms with van der Waals surface area (Å²) in [5, 5.41) is 17.6. The molecule has 1 aromatic carbocycles. The molecule has 3 N–H and O–H groups in total. The molecule has 0 radical (unpaired) electrons. The molecule has 13 heteroatoms. The number of fused-ring (bicyclic) bond motifs is 3. The predicted molar refractivity (Wildman–Crippen MR) is 160 cm³/mol. The zero-order chi connectivity index (χ0) is 30.9. The number of halogens is 3. The van der Waals surface area contributed by atoms with Crippen LogP contribution >= 0.6 is 23.2 Å². The molecule has 44 heavy (non-hydrogen) atoms. The van der Waals surface area contributed by atoms with Gasteiger partial charge < -0.3 is 19.8 Å². The normalized spacial score (nSPS) is 30.3. The Balaban J connectivity index is 1.31. The minimum absolute atomic E-state index is 0.0375. The van der Waals surface area contributed by atoms with Gasteiger partial charge in [0.25, 0.3) is 0 Å². The third kappa shape index (κ3) is 4.54. The van der Waals surface area contributed by atoms with Crippen molar-refractivity contribution in [2.24, 2.45) is 5.41 Å². The maximum Gasteiger partial charge on any atom is 0.244 e. The lowest BCUT2D eigenvalue weighted by Gasteiger charge is -2.50. The van der Waals surface area contributed by atoms with Crippen LogP contribution in [0.2, 0.25) is 10.2 Å². The van der Waals surface area contributed by atoms with Gasteiger partial charge in [0, 0.05) is 17.0 Å². The summed E-state index contributed by atoms with van der Waals surface area (Å²) in [6.45, 7) is 4.64. The van der Waals surface area contributed by atoms with Crippen molar-refractivity contribution in [3.8, 4) is 0 Å². The van der Waals surface area contributed by atoms with Crippen LogP contribution in [0, 0.1) is 11.2 Å². The highest BCUT2D eigenvalue weighted by Crippen LogP contribution is 2.63. The fourth-order valence-corrected chi connectivity index (χ4v) is 8.29. The minimum Gasteiger partial charge on any atom is -0.425 e. The predicted octanol–water partition coefficient (Wildman–Crippen LogP) is 5.23. The highest BCUT2D eigenvalue weighted by Gasteiger charge is 2.73. The van der Waals surface area contributed by atoms with Crippen molar-refractivity contribution in [2.45, 2.75) is 87.4 Å². The Kier molecular flexibility index (Phi) is 7.23. The van der Waals surface area contributed by atoms with Crippen LogP contribution in [-0.4, -0.2) is 51.2 Å². The van der Waals surface area contributed by atoms with Gasteiger partial charge in [-0.1, -0.05) is 55.2 Å². The summed E-state index contributed by atoms with van der Waals surface area (Å²) < 4.78 is 27.4. The first kappa shape index (κ1) is 29.6. The average molecular weight is 644 g/mol. The molecule has 7 rings (SSSR count). The highest BCUT2D eigenvalue weighted by atomic mass is 35.5. The van der Waals surface area contributed by atoms with Gasteiger partial charge in [-0.25, -0.2) is 9.37 Å². The molecule has 0 bridgehead atoms. The van der Waals surface area contributed by atoms with E-state index in [1.807, 2.05) is 0 Å². The Morgan fingerprint density at radius 3 is 2.61 bits per heavy atom. The van der Waals surface area contributed by atoms with E-state index in [1.54, 1.807) is 24.3 Å². The van der Waals surface area contributed by atoms with Crippen LogP contribution in [0.15, 0.2) is 41.1 Å². The fraction of sp³-hybridized carbons (Fsp3) is 0.516. The number of aromatic nitrogens is 3. The number of nitrogens with one attached hydrogen (secondary N) is 3. The number of hydrogen-bond donors (Lipinski definition) is 3. The monoisotopic (exact) mass is 642 g/mol. The molecule has 1 saturated carbocycles. The van der Waals surface area contributed by atoms with Gasteiger partial charge in [0.2, 0.25) is 24.1 Å². The van der Waals surface area contributed by atoms with Crippen LogP contribution in [0.4, 0.5) is 10.2 Å². The summed E-state index contributed by atoms with van der Waals surface area (Å²) in [6, 6.07) is 6.89. The van der Waals surface area contributed by atoms with Gasteiger partial charge >= 0.3 is 0 Å². The largest absolute Gasteiger partial charge is 0.425 e. The number of ether oxygens (including phenoxy) is 1. The van der Waals surface area contributed by atoms with E-state index in [-0.39, 0.29) is 51.7 Å². The molecule has 1 aliphatic carbocycles. The fourth-order valence-electron chi connectivity index (χ4n) is 7.96. The number of anilines is 1. The van der Waals surface area contributed by atoms with Crippen LogP contribution in [0.5, 0.6) is 0 Å². The summed E-state index contributed by atoms with van der Waals surface area (Å²) in [7, 11) is 0. The van der Waals surface area contributed by atoms with Gasteiger partial charge in [-0.3, -0.25) is 14.9 Å². The maximum absolute atomic E-state index is 16.1. The van der Waals surface area contributed by atoms with E-state index in [0.717, 1.165) is 12.8 Å². The Morgan fingerprint density at radius 1 is 1.11 bits per heavy atom. The first-order valence-electron chi connectivity index (χ1n) is 14.9. The second kappa shape index (κ2) is 10.8. The standard InChI is InChI=1S/C31H33Cl2FN6O4/c1-29(2)10-12-30(13-11-29)31(18-7-9-21(33)37-25(18)38-28(31)42)22(17-4-3-5-19(32)23(17)34)24(39-30)26(41)36-16-6-8-20(43-14-16)27-40-35-15-44-27/h3-5,7,9,15-16,20,22,24,39H,6,8,10-14H2,1-2H3,(H,36,41)(H,37,38,42)/t16-,20+,22+,24-,31-/m1/s1. The molecular weight excluding hydrogens is 610 g/mol. The molecule has 3 aromatic rings. The minimum atomic E-state index is -1.37. The van der Waals surface area contributed by atoms with Crippen molar-refractivity contribution >= 4 is 40.8 Å². The molecule has 3 aliphatic heterocycles. The molecule has 3 fully saturated rings. The summed E-state index contributed by atoms with van der Waals surface area (Å²) in [5.41, 5.74) is -1.41.